The van der Waals surface area contributed by atoms with E-state index in [9.17, 15) is 8.78 Å². The first-order chi connectivity index (χ1) is 13.8. The van der Waals surface area contributed by atoms with Crippen LogP contribution in [0.4, 0.5) is 14.5 Å². The number of halogens is 2. The van der Waals surface area contributed by atoms with Gasteiger partial charge in [0.1, 0.15) is 12.4 Å². The summed E-state index contributed by atoms with van der Waals surface area (Å²) in [6, 6.07) is 8.30. The van der Waals surface area contributed by atoms with Gasteiger partial charge in [-0.15, -0.1) is 0 Å². The molecule has 5 heteroatoms. The van der Waals surface area contributed by atoms with Crippen LogP contribution >= 0.6 is 11.3 Å². The second-order valence-electron chi connectivity index (χ2n) is 8.23. The van der Waals surface area contributed by atoms with Crippen LogP contribution < -0.4 is 10.1 Å². The third kappa shape index (κ3) is 2.87. The molecule has 2 aliphatic rings. The molecule has 0 radical (unpaired) electrons. The van der Waals surface area contributed by atoms with E-state index in [0.717, 1.165) is 28.4 Å². The van der Waals surface area contributed by atoms with Crippen LogP contribution in [0.25, 0.3) is 17.2 Å². The molecule has 0 saturated carbocycles. The Bertz CT molecular complexity index is 1150. The molecule has 3 aromatic rings. The molecule has 1 aromatic heterocycles. The number of nitrogens with one attached hydrogen (secondary N) is 1. The summed E-state index contributed by atoms with van der Waals surface area (Å²) in [5.74, 6) is -0.987. The number of hydrogen-bond acceptors (Lipinski definition) is 3. The fourth-order valence-electron chi connectivity index (χ4n) is 4.68. The van der Waals surface area contributed by atoms with Gasteiger partial charge in [0.25, 0.3) is 0 Å². The lowest BCUT2D eigenvalue weighted by atomic mass is 9.73. The van der Waals surface area contributed by atoms with E-state index in [4.69, 9.17) is 4.74 Å². The molecule has 148 valence electrons. The van der Waals surface area contributed by atoms with Crippen molar-refractivity contribution in [3.63, 3.8) is 0 Å². The van der Waals surface area contributed by atoms with Crippen LogP contribution in [0.5, 0.6) is 5.75 Å². The fourth-order valence-corrected chi connectivity index (χ4v) is 5.29. The summed E-state index contributed by atoms with van der Waals surface area (Å²) in [5.41, 5.74) is 6.74. The minimum absolute atomic E-state index is 0.129. The lowest BCUT2D eigenvalue weighted by molar-refractivity contribution is 0.284. The zero-order valence-corrected chi connectivity index (χ0v) is 17.3. The molecule has 2 nitrogen and oxygen atoms in total. The predicted octanol–water partition coefficient (Wildman–Crippen LogP) is 6.98. The van der Waals surface area contributed by atoms with E-state index in [1.807, 2.05) is 12.1 Å². The lowest BCUT2D eigenvalue weighted by Gasteiger charge is -2.42. The number of thiophene rings is 1. The molecular weight excluding hydrogens is 388 g/mol. The van der Waals surface area contributed by atoms with Crippen LogP contribution in [-0.4, -0.2) is 5.54 Å². The second kappa shape index (κ2) is 6.42. The van der Waals surface area contributed by atoms with E-state index in [2.05, 4.69) is 49.0 Å². The van der Waals surface area contributed by atoms with Crippen LogP contribution in [0.1, 0.15) is 43.4 Å². The Morgan fingerprint density at radius 2 is 2.00 bits per heavy atom. The van der Waals surface area contributed by atoms with Gasteiger partial charge in [-0.2, -0.15) is 11.3 Å². The smallest absolute Gasteiger partial charge is 0.168 e. The van der Waals surface area contributed by atoms with E-state index in [1.54, 1.807) is 11.3 Å². The fraction of sp³-hybridized carbons (Fsp3) is 0.250. The molecule has 2 aliphatic heterocycles. The molecule has 0 saturated heterocycles. The van der Waals surface area contributed by atoms with Gasteiger partial charge in [-0.25, -0.2) is 8.78 Å². The molecule has 29 heavy (non-hydrogen) atoms. The zero-order valence-electron chi connectivity index (χ0n) is 16.5. The van der Waals surface area contributed by atoms with E-state index in [-0.39, 0.29) is 23.8 Å². The van der Waals surface area contributed by atoms with Gasteiger partial charge in [-0.3, -0.25) is 0 Å². The summed E-state index contributed by atoms with van der Waals surface area (Å²) in [6.45, 7) is 6.83. The quantitative estimate of drug-likeness (QED) is 0.468. The molecule has 0 amide bonds. The topological polar surface area (TPSA) is 21.3 Å². The maximum Gasteiger partial charge on any atom is 0.168 e. The number of hydrogen-bond donors (Lipinski definition) is 1. The Morgan fingerprint density at radius 1 is 1.17 bits per heavy atom. The third-order valence-electron chi connectivity index (χ3n) is 5.95. The normalized spacial score (nSPS) is 20.3. The molecule has 1 unspecified atom stereocenters. The molecule has 1 N–H and O–H groups in total. The van der Waals surface area contributed by atoms with Crippen molar-refractivity contribution >= 4 is 23.1 Å². The van der Waals surface area contributed by atoms with Gasteiger partial charge in [-0.05, 0) is 65.1 Å². The minimum Gasteiger partial charge on any atom is -0.485 e. The number of rotatable bonds is 1. The van der Waals surface area contributed by atoms with Gasteiger partial charge in [0, 0.05) is 28.8 Å². The summed E-state index contributed by atoms with van der Waals surface area (Å²) in [5, 5.41) is 7.87. The van der Waals surface area contributed by atoms with Crippen molar-refractivity contribution in [3.8, 4) is 16.9 Å². The van der Waals surface area contributed by atoms with Crippen LogP contribution in [0.15, 0.2) is 46.7 Å². The molecule has 3 heterocycles. The first kappa shape index (κ1) is 18.4. The van der Waals surface area contributed by atoms with Gasteiger partial charge in [0.2, 0.25) is 0 Å². The molecular formula is C24H21F2NOS. The van der Waals surface area contributed by atoms with Crippen molar-refractivity contribution in [1.29, 1.82) is 0 Å². The van der Waals surface area contributed by atoms with Gasteiger partial charge < -0.3 is 10.1 Å². The third-order valence-corrected chi connectivity index (χ3v) is 6.65. The predicted molar refractivity (Wildman–Crippen MR) is 115 cm³/mol. The average Bonchev–Trinajstić information content (AvgIpc) is 3.17. The van der Waals surface area contributed by atoms with Crippen molar-refractivity contribution in [2.45, 2.75) is 38.8 Å². The standard InChI is InChI=1S/C24H21F2NOS/c1-13-19(8-14-6-7-29-12-14)24(2,3)27-21-5-4-16-17-9-15(25)10-20(26)23(17)28-11-18(16)22(13)21/h4-10,12-13,27H,11H2,1-3H3. The summed E-state index contributed by atoms with van der Waals surface area (Å²) in [7, 11) is 0. The van der Waals surface area contributed by atoms with Crippen LogP contribution in [0.3, 0.4) is 0 Å². The summed E-state index contributed by atoms with van der Waals surface area (Å²) >= 11 is 1.68. The van der Waals surface area contributed by atoms with Gasteiger partial charge in [0.05, 0.1) is 5.54 Å². The molecule has 0 bridgehead atoms. The van der Waals surface area contributed by atoms with Crippen molar-refractivity contribution in [1.82, 2.24) is 0 Å². The Balaban J connectivity index is 1.71. The van der Waals surface area contributed by atoms with Gasteiger partial charge >= 0.3 is 0 Å². The highest BCUT2D eigenvalue weighted by molar-refractivity contribution is 7.08. The zero-order chi connectivity index (χ0) is 20.3. The van der Waals surface area contributed by atoms with Crippen molar-refractivity contribution in [2.24, 2.45) is 0 Å². The number of anilines is 1. The summed E-state index contributed by atoms with van der Waals surface area (Å²) in [4.78, 5) is 0. The van der Waals surface area contributed by atoms with Crippen LogP contribution in [-0.2, 0) is 6.61 Å². The number of ether oxygens (including phenoxy) is 1. The first-order valence-electron chi connectivity index (χ1n) is 9.65. The Labute approximate surface area is 172 Å². The maximum absolute atomic E-state index is 14.2. The van der Waals surface area contributed by atoms with Gasteiger partial charge in [-0.1, -0.05) is 19.1 Å². The average molecular weight is 410 g/mol. The molecule has 2 aromatic carbocycles. The van der Waals surface area contributed by atoms with Crippen LogP contribution in [0, 0.1) is 11.6 Å². The summed E-state index contributed by atoms with van der Waals surface area (Å²) < 4.78 is 33.9. The Morgan fingerprint density at radius 3 is 2.76 bits per heavy atom. The highest BCUT2D eigenvalue weighted by atomic mass is 32.1. The second-order valence-corrected chi connectivity index (χ2v) is 9.01. The van der Waals surface area contributed by atoms with E-state index in [1.165, 1.54) is 17.2 Å². The van der Waals surface area contributed by atoms with E-state index in [0.29, 0.717) is 5.56 Å². The van der Waals surface area contributed by atoms with Crippen molar-refractivity contribution in [3.05, 3.63) is 75.0 Å². The number of fused-ring (bicyclic) bond motifs is 5. The van der Waals surface area contributed by atoms with E-state index >= 15 is 0 Å². The molecule has 5 rings (SSSR count). The highest BCUT2D eigenvalue weighted by Gasteiger charge is 2.37. The van der Waals surface area contributed by atoms with Crippen molar-refractivity contribution < 1.29 is 13.5 Å². The van der Waals surface area contributed by atoms with Crippen LogP contribution in [0.2, 0.25) is 0 Å². The Hall–Kier alpha value is -2.66. The molecule has 0 spiro atoms. The number of benzene rings is 2. The lowest BCUT2D eigenvalue weighted by Crippen LogP contribution is -2.40. The largest absolute Gasteiger partial charge is 0.485 e. The van der Waals surface area contributed by atoms with E-state index < -0.39 is 11.6 Å². The molecule has 0 fully saturated rings. The van der Waals surface area contributed by atoms with Gasteiger partial charge in [0.15, 0.2) is 11.6 Å². The first-order valence-corrected chi connectivity index (χ1v) is 10.6. The maximum atomic E-state index is 14.2. The SMILES string of the molecule is CC1C(=Cc2ccsc2)C(C)(C)Nc2ccc3c(c21)COc1c(F)cc(F)cc1-3. The summed E-state index contributed by atoms with van der Waals surface area (Å²) in [6.07, 6.45) is 2.24. The monoisotopic (exact) mass is 409 g/mol. The minimum atomic E-state index is -0.659. The molecule has 1 atom stereocenters. The highest BCUT2D eigenvalue weighted by Crippen LogP contribution is 2.50. The van der Waals surface area contributed by atoms with Crippen molar-refractivity contribution in [2.75, 3.05) is 5.32 Å². The Kier molecular flexibility index (Phi) is 4.07. The molecule has 0 aliphatic carbocycles.